The molecule has 0 aliphatic heterocycles. The first-order valence-electron chi connectivity index (χ1n) is 14.9. The molecule has 1 N–H and O–H groups in total. The standard InChI is InChI=1S/C35H35ClF3N3O5S/c1-24(2)40-34(44)32(20-25-11-6-4-7-12-25)41(22-26-13-10-14-28(19-26)47-3)33(43)23-42(48(45,46)29-15-8-5-9-16-29)31-21-27(35(37,38)39)17-18-30(31)36/h4-19,21,24,32H,20,22-23H2,1-3H3,(H,40,44)/t32-/m0/s1. The normalized spacial score (nSPS) is 12.3. The van der Waals surface area contributed by atoms with Gasteiger partial charge in [-0.25, -0.2) is 8.42 Å². The molecular formula is C35H35ClF3N3O5S. The van der Waals surface area contributed by atoms with Gasteiger partial charge in [-0.05, 0) is 67.4 Å². The van der Waals surface area contributed by atoms with Gasteiger partial charge in [-0.2, -0.15) is 13.2 Å². The fraction of sp³-hybridized carbons (Fsp3) is 0.257. The lowest BCUT2D eigenvalue weighted by molar-refractivity contribution is -0.140. The zero-order chi connectivity index (χ0) is 35.1. The quantitative estimate of drug-likeness (QED) is 0.167. The molecule has 0 saturated carbocycles. The Morgan fingerprint density at radius 3 is 2.10 bits per heavy atom. The molecule has 4 aromatic rings. The van der Waals surface area contributed by atoms with E-state index in [1.54, 1.807) is 74.5 Å². The third kappa shape index (κ3) is 9.07. The number of alkyl halides is 3. The molecule has 13 heteroatoms. The van der Waals surface area contributed by atoms with E-state index in [9.17, 15) is 31.2 Å². The van der Waals surface area contributed by atoms with Crippen LogP contribution in [0.3, 0.4) is 0 Å². The summed E-state index contributed by atoms with van der Waals surface area (Å²) in [4.78, 5) is 29.3. The first-order valence-corrected chi connectivity index (χ1v) is 16.7. The van der Waals surface area contributed by atoms with Crippen LogP contribution in [-0.2, 0) is 38.8 Å². The number of carbonyl (C=O) groups excluding carboxylic acids is 2. The van der Waals surface area contributed by atoms with Crippen molar-refractivity contribution in [1.29, 1.82) is 0 Å². The molecule has 4 rings (SSSR count). The summed E-state index contributed by atoms with van der Waals surface area (Å²) in [5.41, 5.74) is -0.419. The smallest absolute Gasteiger partial charge is 0.416 e. The highest BCUT2D eigenvalue weighted by atomic mass is 35.5. The van der Waals surface area contributed by atoms with Crippen LogP contribution in [0.2, 0.25) is 5.02 Å². The number of nitrogens with zero attached hydrogens (tertiary/aromatic N) is 2. The van der Waals surface area contributed by atoms with Crippen LogP contribution in [0, 0.1) is 0 Å². The molecule has 0 spiro atoms. The van der Waals surface area contributed by atoms with Crippen LogP contribution in [0.25, 0.3) is 0 Å². The fourth-order valence-electron chi connectivity index (χ4n) is 5.02. The fourth-order valence-corrected chi connectivity index (χ4v) is 6.73. The molecule has 2 amide bonds. The summed E-state index contributed by atoms with van der Waals surface area (Å²) < 4.78 is 75.6. The molecule has 48 heavy (non-hydrogen) atoms. The number of anilines is 1. The number of sulfonamides is 1. The predicted molar refractivity (Wildman–Crippen MR) is 178 cm³/mol. The number of amides is 2. The van der Waals surface area contributed by atoms with E-state index in [0.717, 1.165) is 17.7 Å². The van der Waals surface area contributed by atoms with Crippen LogP contribution in [-0.4, -0.2) is 50.9 Å². The zero-order valence-corrected chi connectivity index (χ0v) is 28.0. The van der Waals surface area contributed by atoms with Crippen molar-refractivity contribution in [3.8, 4) is 5.75 Å². The van der Waals surface area contributed by atoms with Crippen LogP contribution >= 0.6 is 11.6 Å². The van der Waals surface area contributed by atoms with Crippen LogP contribution in [0.15, 0.2) is 108 Å². The number of hydrogen-bond donors (Lipinski definition) is 1. The summed E-state index contributed by atoms with van der Waals surface area (Å²) in [6, 6.07) is 23.5. The molecule has 0 aromatic heterocycles. The Morgan fingerprint density at radius 2 is 1.50 bits per heavy atom. The predicted octanol–water partition coefficient (Wildman–Crippen LogP) is 6.73. The van der Waals surface area contributed by atoms with Crippen LogP contribution in [0.1, 0.15) is 30.5 Å². The largest absolute Gasteiger partial charge is 0.497 e. The van der Waals surface area contributed by atoms with Crippen LogP contribution in [0.5, 0.6) is 5.75 Å². The Hall–Kier alpha value is -4.55. The van der Waals surface area contributed by atoms with E-state index in [1.165, 1.54) is 36.3 Å². The molecule has 254 valence electrons. The van der Waals surface area contributed by atoms with E-state index < -0.39 is 51.9 Å². The SMILES string of the molecule is COc1cccc(CN(C(=O)CN(c2cc(C(F)(F)F)ccc2Cl)S(=O)(=O)c2ccccc2)[C@@H](Cc2ccccc2)C(=O)NC(C)C)c1. The van der Waals surface area contributed by atoms with E-state index >= 15 is 0 Å². The van der Waals surface area contributed by atoms with Crippen LogP contribution < -0.4 is 14.4 Å². The number of rotatable bonds is 13. The highest BCUT2D eigenvalue weighted by molar-refractivity contribution is 7.92. The van der Waals surface area contributed by atoms with Gasteiger partial charge in [-0.15, -0.1) is 0 Å². The van der Waals surface area contributed by atoms with Crippen molar-refractivity contribution in [2.24, 2.45) is 0 Å². The summed E-state index contributed by atoms with van der Waals surface area (Å²) in [6.07, 6.45) is -4.77. The molecule has 0 aliphatic rings. The second-order valence-electron chi connectivity index (χ2n) is 11.2. The molecule has 0 fully saturated rings. The van der Waals surface area contributed by atoms with Gasteiger partial charge in [0.05, 0.1) is 28.3 Å². The lowest BCUT2D eigenvalue weighted by atomic mass is 10.0. The average molecular weight is 702 g/mol. The maximum absolute atomic E-state index is 14.5. The van der Waals surface area contributed by atoms with Gasteiger partial charge >= 0.3 is 6.18 Å². The Bertz CT molecular complexity index is 1820. The molecule has 0 bridgehead atoms. The van der Waals surface area contributed by atoms with Crippen molar-refractivity contribution < 1.29 is 35.9 Å². The second-order valence-corrected chi connectivity index (χ2v) is 13.5. The van der Waals surface area contributed by atoms with Crippen molar-refractivity contribution >= 4 is 39.1 Å². The van der Waals surface area contributed by atoms with Gasteiger partial charge in [-0.1, -0.05) is 72.3 Å². The van der Waals surface area contributed by atoms with E-state index in [4.69, 9.17) is 16.3 Å². The minimum Gasteiger partial charge on any atom is -0.497 e. The summed E-state index contributed by atoms with van der Waals surface area (Å²) in [5.74, 6) is -0.875. The Balaban J connectivity index is 1.88. The van der Waals surface area contributed by atoms with Crippen molar-refractivity contribution in [1.82, 2.24) is 10.2 Å². The van der Waals surface area contributed by atoms with Gasteiger partial charge in [0.25, 0.3) is 10.0 Å². The van der Waals surface area contributed by atoms with Gasteiger partial charge in [0.1, 0.15) is 18.3 Å². The maximum atomic E-state index is 14.5. The average Bonchev–Trinajstić information content (AvgIpc) is 3.05. The Kier molecular flexibility index (Phi) is 11.8. The minimum atomic E-state index is -4.83. The highest BCUT2D eigenvalue weighted by Gasteiger charge is 2.37. The topological polar surface area (TPSA) is 96.0 Å². The molecule has 0 heterocycles. The Labute approximate surface area is 283 Å². The number of carbonyl (C=O) groups is 2. The van der Waals surface area contributed by atoms with Gasteiger partial charge in [-0.3, -0.25) is 13.9 Å². The summed E-state index contributed by atoms with van der Waals surface area (Å²) in [5, 5.41) is 2.52. The van der Waals surface area contributed by atoms with Gasteiger partial charge in [0, 0.05) is 19.0 Å². The first kappa shape index (κ1) is 36.3. The Morgan fingerprint density at radius 1 is 0.875 bits per heavy atom. The van der Waals surface area contributed by atoms with Crippen molar-refractivity contribution in [2.45, 2.75) is 50.0 Å². The molecular weight excluding hydrogens is 667 g/mol. The van der Waals surface area contributed by atoms with Crippen LogP contribution in [0.4, 0.5) is 18.9 Å². The van der Waals surface area contributed by atoms with E-state index in [-0.39, 0.29) is 28.9 Å². The number of halogens is 4. The summed E-state index contributed by atoms with van der Waals surface area (Å²) in [6.45, 7) is 2.39. The highest BCUT2D eigenvalue weighted by Crippen LogP contribution is 2.37. The zero-order valence-electron chi connectivity index (χ0n) is 26.4. The third-order valence-corrected chi connectivity index (χ3v) is 9.43. The third-order valence-electron chi connectivity index (χ3n) is 7.34. The summed E-state index contributed by atoms with van der Waals surface area (Å²) >= 11 is 6.36. The van der Waals surface area contributed by atoms with Gasteiger partial charge < -0.3 is 15.0 Å². The monoisotopic (exact) mass is 701 g/mol. The van der Waals surface area contributed by atoms with Crippen molar-refractivity contribution in [2.75, 3.05) is 18.0 Å². The maximum Gasteiger partial charge on any atom is 0.416 e. The van der Waals surface area contributed by atoms with Crippen molar-refractivity contribution in [3.05, 3.63) is 125 Å². The number of hydrogen-bond acceptors (Lipinski definition) is 5. The summed E-state index contributed by atoms with van der Waals surface area (Å²) in [7, 11) is -3.19. The molecule has 8 nitrogen and oxygen atoms in total. The molecule has 0 radical (unpaired) electrons. The first-order chi connectivity index (χ1) is 22.7. The minimum absolute atomic E-state index is 0.0604. The van der Waals surface area contributed by atoms with Gasteiger partial charge in [0.2, 0.25) is 11.8 Å². The van der Waals surface area contributed by atoms with Crippen molar-refractivity contribution in [3.63, 3.8) is 0 Å². The van der Waals surface area contributed by atoms with Gasteiger partial charge in [0.15, 0.2) is 0 Å². The van der Waals surface area contributed by atoms with E-state index in [1.807, 2.05) is 0 Å². The number of methoxy groups -OCH3 is 1. The molecule has 1 atom stereocenters. The lowest BCUT2D eigenvalue weighted by Gasteiger charge is -2.34. The molecule has 0 saturated heterocycles. The van der Waals surface area contributed by atoms with E-state index in [0.29, 0.717) is 21.7 Å². The van der Waals surface area contributed by atoms with E-state index in [2.05, 4.69) is 5.32 Å². The molecule has 0 unspecified atom stereocenters. The number of benzene rings is 4. The second kappa shape index (κ2) is 15.6. The number of nitrogens with one attached hydrogen (secondary N) is 1. The number of ether oxygens (including phenoxy) is 1. The molecule has 0 aliphatic carbocycles. The lowest BCUT2D eigenvalue weighted by Crippen LogP contribution is -2.54. The molecule has 4 aromatic carbocycles.